The highest BCUT2D eigenvalue weighted by atomic mass is 35.5. The molecule has 0 radical (unpaired) electrons. The zero-order valence-corrected chi connectivity index (χ0v) is 10.3. The van der Waals surface area contributed by atoms with E-state index in [-0.39, 0.29) is 0 Å². The van der Waals surface area contributed by atoms with Gasteiger partial charge in [0, 0.05) is 16.0 Å². The molecule has 0 aliphatic heterocycles. The standard InChI is InChI=1S/C11H8Cl3N/c1-6-9(13)3-2-7-4-8(5-12)11(14)15-10(6)7/h2-4H,5H2,1H3. The fraction of sp³-hybridized carbons (Fsp3) is 0.182. The van der Waals surface area contributed by atoms with E-state index >= 15 is 0 Å². The molecule has 0 aliphatic carbocycles. The van der Waals surface area contributed by atoms with E-state index in [4.69, 9.17) is 34.8 Å². The van der Waals surface area contributed by atoms with Crippen LogP contribution in [0.2, 0.25) is 10.2 Å². The van der Waals surface area contributed by atoms with Crippen molar-refractivity contribution in [1.29, 1.82) is 0 Å². The molecule has 4 heteroatoms. The number of pyridine rings is 1. The number of fused-ring (bicyclic) bond motifs is 1. The van der Waals surface area contributed by atoms with Crippen molar-refractivity contribution < 1.29 is 0 Å². The Morgan fingerprint density at radius 2 is 2.00 bits per heavy atom. The molecule has 2 aromatic rings. The van der Waals surface area contributed by atoms with Gasteiger partial charge in [0.15, 0.2) is 0 Å². The Morgan fingerprint density at radius 3 is 2.67 bits per heavy atom. The number of aryl methyl sites for hydroxylation is 1. The van der Waals surface area contributed by atoms with Crippen LogP contribution >= 0.6 is 34.8 Å². The summed E-state index contributed by atoms with van der Waals surface area (Å²) in [4.78, 5) is 4.30. The first-order valence-electron chi connectivity index (χ1n) is 4.43. The molecule has 1 nitrogen and oxygen atoms in total. The van der Waals surface area contributed by atoms with Gasteiger partial charge in [-0.25, -0.2) is 4.98 Å². The highest BCUT2D eigenvalue weighted by Crippen LogP contribution is 2.27. The Labute approximate surface area is 103 Å². The van der Waals surface area contributed by atoms with Gasteiger partial charge in [-0.15, -0.1) is 11.6 Å². The lowest BCUT2D eigenvalue weighted by atomic mass is 10.1. The maximum atomic E-state index is 6.00. The van der Waals surface area contributed by atoms with Crippen LogP contribution in [-0.4, -0.2) is 4.98 Å². The van der Waals surface area contributed by atoms with E-state index in [9.17, 15) is 0 Å². The molecule has 0 spiro atoms. The normalized spacial score (nSPS) is 10.9. The van der Waals surface area contributed by atoms with Gasteiger partial charge in [0.25, 0.3) is 0 Å². The van der Waals surface area contributed by atoms with Crippen LogP contribution in [0, 0.1) is 6.92 Å². The van der Waals surface area contributed by atoms with Crippen LogP contribution in [0.25, 0.3) is 10.9 Å². The maximum absolute atomic E-state index is 6.00. The molecule has 15 heavy (non-hydrogen) atoms. The Kier molecular flexibility index (Phi) is 3.06. The largest absolute Gasteiger partial charge is 0.235 e. The molecule has 0 N–H and O–H groups in total. The van der Waals surface area contributed by atoms with E-state index in [2.05, 4.69) is 4.98 Å². The fourth-order valence-corrected chi connectivity index (χ4v) is 2.10. The predicted molar refractivity (Wildman–Crippen MR) is 66.1 cm³/mol. The first kappa shape index (κ1) is 11.0. The third-order valence-corrected chi connectivity index (χ3v) is 3.37. The van der Waals surface area contributed by atoms with Crippen LogP contribution in [-0.2, 0) is 5.88 Å². The molecular formula is C11H8Cl3N. The quantitative estimate of drug-likeness (QED) is 0.540. The number of hydrogen-bond donors (Lipinski definition) is 0. The molecular weight excluding hydrogens is 252 g/mol. The van der Waals surface area contributed by atoms with Gasteiger partial charge in [0.05, 0.1) is 11.4 Å². The number of nitrogens with zero attached hydrogens (tertiary/aromatic N) is 1. The number of alkyl halides is 1. The number of benzene rings is 1. The third-order valence-electron chi connectivity index (χ3n) is 2.34. The first-order chi connectivity index (χ1) is 7.13. The second kappa shape index (κ2) is 4.17. The molecule has 0 bridgehead atoms. The van der Waals surface area contributed by atoms with Crippen LogP contribution in [0.3, 0.4) is 0 Å². The minimum absolute atomic E-state index is 0.365. The first-order valence-corrected chi connectivity index (χ1v) is 5.72. The summed E-state index contributed by atoms with van der Waals surface area (Å²) in [7, 11) is 0. The van der Waals surface area contributed by atoms with Gasteiger partial charge in [0.1, 0.15) is 5.15 Å². The second-order valence-electron chi connectivity index (χ2n) is 3.32. The number of aromatic nitrogens is 1. The van der Waals surface area contributed by atoms with Crippen molar-refractivity contribution in [3.63, 3.8) is 0 Å². The summed E-state index contributed by atoms with van der Waals surface area (Å²) < 4.78 is 0. The molecule has 1 aromatic heterocycles. The van der Waals surface area contributed by atoms with E-state index in [0.717, 1.165) is 22.0 Å². The lowest BCUT2D eigenvalue weighted by molar-refractivity contribution is 1.29. The molecule has 78 valence electrons. The van der Waals surface area contributed by atoms with Gasteiger partial charge in [-0.05, 0) is 24.6 Å². The number of rotatable bonds is 1. The Balaban J connectivity index is 2.81. The van der Waals surface area contributed by atoms with Crippen molar-refractivity contribution in [3.8, 4) is 0 Å². The van der Waals surface area contributed by atoms with Gasteiger partial charge in [-0.1, -0.05) is 29.3 Å². The zero-order chi connectivity index (χ0) is 11.0. The van der Waals surface area contributed by atoms with E-state index in [0.29, 0.717) is 16.1 Å². The summed E-state index contributed by atoms with van der Waals surface area (Å²) in [6, 6.07) is 5.72. The van der Waals surface area contributed by atoms with Crippen molar-refractivity contribution in [2.24, 2.45) is 0 Å². The fourth-order valence-electron chi connectivity index (χ4n) is 1.47. The van der Waals surface area contributed by atoms with Gasteiger partial charge in [-0.3, -0.25) is 0 Å². The molecule has 1 aromatic carbocycles. The average molecular weight is 261 g/mol. The van der Waals surface area contributed by atoms with Crippen LogP contribution in [0.15, 0.2) is 18.2 Å². The molecule has 0 saturated carbocycles. The summed E-state index contributed by atoms with van der Waals surface area (Å²) >= 11 is 17.7. The van der Waals surface area contributed by atoms with Crippen LogP contribution in [0.1, 0.15) is 11.1 Å². The minimum atomic E-state index is 0.365. The zero-order valence-electron chi connectivity index (χ0n) is 8.02. The Hall–Kier alpha value is -0.500. The average Bonchev–Trinajstić information content (AvgIpc) is 2.24. The predicted octanol–water partition coefficient (Wildman–Crippen LogP) is 4.59. The highest BCUT2D eigenvalue weighted by molar-refractivity contribution is 6.33. The molecule has 2 rings (SSSR count). The maximum Gasteiger partial charge on any atom is 0.134 e. The van der Waals surface area contributed by atoms with Crippen molar-refractivity contribution in [2.75, 3.05) is 0 Å². The van der Waals surface area contributed by atoms with Gasteiger partial charge in [0.2, 0.25) is 0 Å². The Bertz CT molecular complexity index is 523. The summed E-state index contributed by atoms with van der Waals surface area (Å²) in [6.45, 7) is 1.92. The summed E-state index contributed by atoms with van der Waals surface area (Å²) in [6.07, 6.45) is 0. The molecule has 0 fully saturated rings. The number of halogens is 3. The van der Waals surface area contributed by atoms with Crippen molar-refractivity contribution >= 4 is 45.7 Å². The lowest BCUT2D eigenvalue weighted by Crippen LogP contribution is -1.90. The summed E-state index contributed by atoms with van der Waals surface area (Å²) in [5, 5.41) is 2.16. The van der Waals surface area contributed by atoms with Crippen LogP contribution < -0.4 is 0 Å². The highest BCUT2D eigenvalue weighted by Gasteiger charge is 2.07. The molecule has 0 aliphatic rings. The topological polar surface area (TPSA) is 12.9 Å². The monoisotopic (exact) mass is 259 g/mol. The van der Waals surface area contributed by atoms with E-state index < -0.39 is 0 Å². The Morgan fingerprint density at radius 1 is 1.27 bits per heavy atom. The SMILES string of the molecule is Cc1c(Cl)ccc2cc(CCl)c(Cl)nc12. The lowest BCUT2D eigenvalue weighted by Gasteiger charge is -2.06. The number of hydrogen-bond acceptors (Lipinski definition) is 1. The second-order valence-corrected chi connectivity index (χ2v) is 4.35. The van der Waals surface area contributed by atoms with Gasteiger partial charge < -0.3 is 0 Å². The van der Waals surface area contributed by atoms with Crippen molar-refractivity contribution in [3.05, 3.63) is 39.5 Å². The smallest absolute Gasteiger partial charge is 0.134 e. The summed E-state index contributed by atoms with van der Waals surface area (Å²) in [5.41, 5.74) is 2.62. The van der Waals surface area contributed by atoms with E-state index in [1.165, 1.54) is 0 Å². The molecule has 0 atom stereocenters. The van der Waals surface area contributed by atoms with Crippen molar-refractivity contribution in [1.82, 2.24) is 4.98 Å². The third kappa shape index (κ3) is 1.92. The molecule has 0 amide bonds. The van der Waals surface area contributed by atoms with Gasteiger partial charge >= 0.3 is 0 Å². The molecule has 0 saturated heterocycles. The van der Waals surface area contributed by atoms with Crippen LogP contribution in [0.5, 0.6) is 0 Å². The van der Waals surface area contributed by atoms with E-state index in [1.54, 1.807) is 0 Å². The molecule has 1 heterocycles. The molecule has 0 unspecified atom stereocenters. The minimum Gasteiger partial charge on any atom is -0.235 e. The summed E-state index contributed by atoms with van der Waals surface area (Å²) in [5.74, 6) is 0.365. The van der Waals surface area contributed by atoms with Crippen molar-refractivity contribution in [2.45, 2.75) is 12.8 Å². The van der Waals surface area contributed by atoms with Crippen LogP contribution in [0.4, 0.5) is 0 Å². The van der Waals surface area contributed by atoms with Gasteiger partial charge in [-0.2, -0.15) is 0 Å². The van der Waals surface area contributed by atoms with E-state index in [1.807, 2.05) is 25.1 Å².